The van der Waals surface area contributed by atoms with E-state index < -0.39 is 10.0 Å². The number of carbonyl (C=O) groups excluding carboxylic acids is 1. The smallest absolute Gasteiger partial charge is 0.229 e. The molecule has 27 heavy (non-hydrogen) atoms. The molecular formula is C19H21N3O3S2. The number of rotatable bonds is 7. The van der Waals surface area contributed by atoms with Crippen LogP contribution in [0, 0.1) is 0 Å². The number of thiazole rings is 1. The number of nitrogens with zero attached hydrogens (tertiary/aromatic N) is 1. The molecule has 0 saturated heterocycles. The van der Waals surface area contributed by atoms with E-state index in [0.29, 0.717) is 17.7 Å². The van der Waals surface area contributed by atoms with Crippen molar-refractivity contribution in [2.24, 2.45) is 0 Å². The molecule has 0 aliphatic heterocycles. The van der Waals surface area contributed by atoms with E-state index in [1.54, 1.807) is 35.6 Å². The van der Waals surface area contributed by atoms with Crippen LogP contribution >= 0.6 is 11.3 Å². The highest BCUT2D eigenvalue weighted by Crippen LogP contribution is 2.22. The van der Waals surface area contributed by atoms with Gasteiger partial charge in [-0.15, -0.1) is 11.3 Å². The maximum atomic E-state index is 12.4. The Kier molecular flexibility index (Phi) is 5.76. The molecule has 0 fully saturated rings. The number of carbonyl (C=O) groups is 1. The third-order valence-electron chi connectivity index (χ3n) is 3.89. The number of sulfonamides is 1. The SMILES string of the molecule is CC(Cc1nc2ccccc2s1)NC(=O)Cc1ccccc1NS(C)(=O)=O. The van der Waals surface area contributed by atoms with E-state index >= 15 is 0 Å². The molecular weight excluding hydrogens is 382 g/mol. The first kappa shape index (κ1) is 19.3. The van der Waals surface area contributed by atoms with Gasteiger partial charge in [0.05, 0.1) is 33.6 Å². The van der Waals surface area contributed by atoms with Crippen molar-refractivity contribution in [2.75, 3.05) is 11.0 Å². The zero-order chi connectivity index (χ0) is 19.4. The molecule has 2 N–H and O–H groups in total. The fraction of sp³-hybridized carbons (Fsp3) is 0.263. The topological polar surface area (TPSA) is 88.2 Å². The van der Waals surface area contributed by atoms with Gasteiger partial charge >= 0.3 is 0 Å². The number of hydrogen-bond acceptors (Lipinski definition) is 5. The van der Waals surface area contributed by atoms with Crippen LogP contribution in [-0.4, -0.2) is 31.6 Å². The molecule has 1 unspecified atom stereocenters. The lowest BCUT2D eigenvalue weighted by atomic mass is 10.1. The Morgan fingerprint density at radius 2 is 1.85 bits per heavy atom. The molecule has 3 rings (SSSR count). The second kappa shape index (κ2) is 8.06. The minimum atomic E-state index is -3.40. The Labute approximate surface area is 162 Å². The highest BCUT2D eigenvalue weighted by Gasteiger charge is 2.14. The minimum Gasteiger partial charge on any atom is -0.353 e. The van der Waals surface area contributed by atoms with E-state index in [4.69, 9.17) is 0 Å². The Bertz CT molecular complexity index is 1030. The van der Waals surface area contributed by atoms with Crippen molar-refractivity contribution >= 4 is 43.2 Å². The minimum absolute atomic E-state index is 0.0758. The molecule has 2 aromatic carbocycles. The Morgan fingerprint density at radius 3 is 2.59 bits per heavy atom. The quantitative estimate of drug-likeness (QED) is 0.635. The second-order valence-corrected chi connectivity index (χ2v) is 9.32. The summed E-state index contributed by atoms with van der Waals surface area (Å²) in [5, 5.41) is 3.94. The lowest BCUT2D eigenvalue weighted by Gasteiger charge is -2.14. The standard InChI is InChI=1S/C19H21N3O3S2/c1-13(11-19-21-16-9-5-6-10-17(16)26-19)20-18(23)12-14-7-3-4-8-15(14)22-27(2,24)25/h3-10,13,22H,11-12H2,1-2H3,(H,20,23). The van der Waals surface area contributed by atoms with Gasteiger partial charge in [0.15, 0.2) is 0 Å². The molecule has 8 heteroatoms. The predicted octanol–water partition coefficient (Wildman–Crippen LogP) is 2.96. The molecule has 6 nitrogen and oxygen atoms in total. The van der Waals surface area contributed by atoms with E-state index in [0.717, 1.165) is 21.5 Å². The summed E-state index contributed by atoms with van der Waals surface area (Å²) < 4.78 is 26.5. The number of amides is 1. The normalized spacial score (nSPS) is 12.7. The van der Waals surface area contributed by atoms with Crippen molar-refractivity contribution in [3.05, 3.63) is 59.1 Å². The van der Waals surface area contributed by atoms with E-state index in [9.17, 15) is 13.2 Å². The number of para-hydroxylation sites is 2. The number of fused-ring (bicyclic) bond motifs is 1. The second-order valence-electron chi connectivity index (χ2n) is 6.46. The van der Waals surface area contributed by atoms with Gasteiger partial charge in [0.1, 0.15) is 0 Å². The first-order valence-electron chi connectivity index (χ1n) is 8.49. The maximum absolute atomic E-state index is 12.4. The molecule has 0 radical (unpaired) electrons. The molecule has 0 bridgehead atoms. The van der Waals surface area contributed by atoms with Gasteiger partial charge in [-0.2, -0.15) is 0 Å². The maximum Gasteiger partial charge on any atom is 0.229 e. The summed E-state index contributed by atoms with van der Waals surface area (Å²) in [5.41, 5.74) is 2.03. The largest absolute Gasteiger partial charge is 0.353 e. The molecule has 1 atom stereocenters. The molecule has 0 aliphatic rings. The highest BCUT2D eigenvalue weighted by molar-refractivity contribution is 7.92. The van der Waals surface area contributed by atoms with E-state index in [1.165, 1.54) is 0 Å². The average molecular weight is 404 g/mol. The highest BCUT2D eigenvalue weighted by atomic mass is 32.2. The van der Waals surface area contributed by atoms with Crippen LogP contribution < -0.4 is 10.0 Å². The van der Waals surface area contributed by atoms with Gasteiger partial charge in [-0.25, -0.2) is 13.4 Å². The van der Waals surface area contributed by atoms with Gasteiger partial charge in [0.2, 0.25) is 15.9 Å². The lowest BCUT2D eigenvalue weighted by Crippen LogP contribution is -2.35. The lowest BCUT2D eigenvalue weighted by molar-refractivity contribution is -0.121. The van der Waals surface area contributed by atoms with Crippen molar-refractivity contribution in [3.8, 4) is 0 Å². The van der Waals surface area contributed by atoms with E-state index in [-0.39, 0.29) is 18.4 Å². The number of anilines is 1. The van der Waals surface area contributed by atoms with Crippen LogP contribution in [0.2, 0.25) is 0 Å². The van der Waals surface area contributed by atoms with Gasteiger partial charge in [-0.3, -0.25) is 9.52 Å². The van der Waals surface area contributed by atoms with E-state index in [1.807, 2.05) is 31.2 Å². The third kappa shape index (κ3) is 5.51. The summed E-state index contributed by atoms with van der Waals surface area (Å²) in [6.45, 7) is 1.94. The number of hydrogen-bond donors (Lipinski definition) is 2. The zero-order valence-corrected chi connectivity index (χ0v) is 16.7. The van der Waals surface area contributed by atoms with Gasteiger partial charge in [-0.05, 0) is 30.7 Å². The number of aromatic nitrogens is 1. The third-order valence-corrected chi connectivity index (χ3v) is 5.54. The molecule has 0 spiro atoms. The van der Waals surface area contributed by atoms with Gasteiger partial charge in [-0.1, -0.05) is 30.3 Å². The Morgan fingerprint density at radius 1 is 1.15 bits per heavy atom. The summed E-state index contributed by atoms with van der Waals surface area (Å²) in [6.07, 6.45) is 1.83. The van der Waals surface area contributed by atoms with Crippen molar-refractivity contribution in [3.63, 3.8) is 0 Å². The Balaban J connectivity index is 1.62. The zero-order valence-electron chi connectivity index (χ0n) is 15.1. The van der Waals surface area contributed by atoms with Crippen LogP contribution in [0.5, 0.6) is 0 Å². The summed E-state index contributed by atoms with van der Waals surface area (Å²) in [7, 11) is -3.40. The summed E-state index contributed by atoms with van der Waals surface area (Å²) in [5.74, 6) is -0.161. The van der Waals surface area contributed by atoms with Crippen LogP contribution in [-0.2, 0) is 27.7 Å². The van der Waals surface area contributed by atoms with E-state index in [2.05, 4.69) is 15.0 Å². The summed E-state index contributed by atoms with van der Waals surface area (Å²) >= 11 is 1.63. The van der Waals surface area contributed by atoms with Gasteiger partial charge in [0.25, 0.3) is 0 Å². The van der Waals surface area contributed by atoms with Crippen LogP contribution in [0.25, 0.3) is 10.2 Å². The number of benzene rings is 2. The van der Waals surface area contributed by atoms with Gasteiger partial charge < -0.3 is 5.32 Å². The van der Waals surface area contributed by atoms with Crippen molar-refractivity contribution in [1.29, 1.82) is 0 Å². The average Bonchev–Trinajstić information content (AvgIpc) is 2.97. The molecule has 1 amide bonds. The monoisotopic (exact) mass is 403 g/mol. The van der Waals surface area contributed by atoms with Crippen LogP contribution in [0.3, 0.4) is 0 Å². The number of nitrogens with one attached hydrogen (secondary N) is 2. The molecule has 142 valence electrons. The fourth-order valence-corrected chi connectivity index (χ4v) is 4.49. The van der Waals surface area contributed by atoms with Gasteiger partial charge in [0, 0.05) is 12.5 Å². The molecule has 3 aromatic rings. The molecule has 0 saturated carbocycles. The molecule has 1 heterocycles. The first-order chi connectivity index (χ1) is 12.8. The predicted molar refractivity (Wildman–Crippen MR) is 110 cm³/mol. The van der Waals surface area contributed by atoms with Crippen LogP contribution in [0.15, 0.2) is 48.5 Å². The molecule has 0 aliphatic carbocycles. The van der Waals surface area contributed by atoms with Crippen LogP contribution in [0.4, 0.5) is 5.69 Å². The Hall–Kier alpha value is -2.45. The van der Waals surface area contributed by atoms with Crippen molar-refractivity contribution in [2.45, 2.75) is 25.8 Å². The van der Waals surface area contributed by atoms with Crippen molar-refractivity contribution in [1.82, 2.24) is 10.3 Å². The molecule has 1 aromatic heterocycles. The van der Waals surface area contributed by atoms with Crippen molar-refractivity contribution < 1.29 is 13.2 Å². The van der Waals surface area contributed by atoms with Crippen LogP contribution in [0.1, 0.15) is 17.5 Å². The fourth-order valence-electron chi connectivity index (χ4n) is 2.79. The summed E-state index contributed by atoms with van der Waals surface area (Å²) in [4.78, 5) is 17.0. The first-order valence-corrected chi connectivity index (χ1v) is 11.2. The summed E-state index contributed by atoms with van der Waals surface area (Å²) in [6, 6.07) is 14.8.